The molecule has 3 rings (SSSR count). The van der Waals surface area contributed by atoms with Crippen molar-refractivity contribution in [2.75, 3.05) is 50.1 Å². The first-order chi connectivity index (χ1) is 12.5. The second kappa shape index (κ2) is 8.23. The van der Waals surface area contributed by atoms with Gasteiger partial charge in [0.1, 0.15) is 5.75 Å². The van der Waals surface area contributed by atoms with Crippen molar-refractivity contribution in [3.8, 4) is 5.75 Å². The topological polar surface area (TPSA) is 46.0 Å². The molecule has 0 unspecified atom stereocenters. The summed E-state index contributed by atoms with van der Waals surface area (Å²) in [4.78, 5) is 16.0. The first-order valence-corrected chi connectivity index (χ1v) is 9.15. The zero-order valence-corrected chi connectivity index (χ0v) is 15.8. The third-order valence-corrected chi connectivity index (χ3v) is 5.11. The van der Waals surface area contributed by atoms with Crippen LogP contribution in [-0.2, 0) is 4.79 Å². The number of carbonyl (C=O) groups is 1. The summed E-state index contributed by atoms with van der Waals surface area (Å²) in [5.41, 5.74) is 4.53. The number of hydrogen-bond donors (Lipinski definition) is 2. The number of anilines is 2. The number of amides is 1. The minimum atomic E-state index is 0.0844. The molecule has 138 valence electrons. The van der Waals surface area contributed by atoms with E-state index in [9.17, 15) is 4.79 Å². The number of rotatable bonds is 5. The fourth-order valence-electron chi connectivity index (χ4n) is 3.30. The van der Waals surface area contributed by atoms with Crippen molar-refractivity contribution in [1.82, 2.24) is 0 Å². The Kier molecular flexibility index (Phi) is 5.78. The average Bonchev–Trinajstić information content (AvgIpc) is 2.65. The molecular formula is C21H28N3O2+. The number of piperazine rings is 1. The fraction of sp³-hybridized carbons (Fsp3) is 0.381. The summed E-state index contributed by atoms with van der Waals surface area (Å²) in [5.74, 6) is 0.960. The Labute approximate surface area is 155 Å². The van der Waals surface area contributed by atoms with E-state index in [1.165, 1.54) is 21.7 Å². The van der Waals surface area contributed by atoms with Gasteiger partial charge in [0.2, 0.25) is 0 Å². The van der Waals surface area contributed by atoms with E-state index in [0.29, 0.717) is 6.54 Å². The molecule has 1 heterocycles. The standard InChI is InChI=1S/C21H27N3O2/c1-16-4-5-18(14-17(16)2)22-21(25)15-23-10-12-24(13-11-23)19-6-8-20(26-3)9-7-19/h4-9,14H,10-13,15H2,1-3H3,(H,22,25)/p+1. The average molecular weight is 354 g/mol. The highest BCUT2D eigenvalue weighted by atomic mass is 16.5. The van der Waals surface area contributed by atoms with Gasteiger partial charge in [0.05, 0.1) is 33.3 Å². The maximum absolute atomic E-state index is 12.3. The van der Waals surface area contributed by atoms with Crippen LogP contribution in [0.1, 0.15) is 11.1 Å². The van der Waals surface area contributed by atoms with Gasteiger partial charge in [0.15, 0.2) is 6.54 Å². The van der Waals surface area contributed by atoms with Crippen LogP contribution in [0.5, 0.6) is 5.75 Å². The SMILES string of the molecule is COc1ccc(N2CC[NH+](CC(=O)Nc3ccc(C)c(C)c3)CC2)cc1. The van der Waals surface area contributed by atoms with Crippen LogP contribution in [0, 0.1) is 13.8 Å². The number of benzene rings is 2. The van der Waals surface area contributed by atoms with E-state index in [-0.39, 0.29) is 5.91 Å². The molecule has 1 aliphatic heterocycles. The second-order valence-electron chi connectivity index (χ2n) is 6.96. The smallest absolute Gasteiger partial charge is 0.279 e. The van der Waals surface area contributed by atoms with Crippen molar-refractivity contribution in [2.45, 2.75) is 13.8 Å². The molecule has 1 aliphatic rings. The zero-order valence-electron chi connectivity index (χ0n) is 15.8. The number of methoxy groups -OCH3 is 1. The van der Waals surface area contributed by atoms with Crippen LogP contribution in [0.2, 0.25) is 0 Å². The molecule has 26 heavy (non-hydrogen) atoms. The Morgan fingerprint density at radius 2 is 1.77 bits per heavy atom. The van der Waals surface area contributed by atoms with Gasteiger partial charge in [-0.2, -0.15) is 0 Å². The van der Waals surface area contributed by atoms with Crippen LogP contribution < -0.4 is 19.9 Å². The van der Waals surface area contributed by atoms with Gasteiger partial charge in [-0.05, 0) is 61.4 Å². The summed E-state index contributed by atoms with van der Waals surface area (Å²) in [6.07, 6.45) is 0. The monoisotopic (exact) mass is 354 g/mol. The van der Waals surface area contributed by atoms with Crippen LogP contribution in [0.4, 0.5) is 11.4 Å². The fourth-order valence-corrected chi connectivity index (χ4v) is 3.30. The lowest BCUT2D eigenvalue weighted by Gasteiger charge is -2.33. The number of nitrogens with zero attached hydrogens (tertiary/aromatic N) is 1. The molecule has 0 spiro atoms. The largest absolute Gasteiger partial charge is 0.497 e. The number of hydrogen-bond acceptors (Lipinski definition) is 3. The maximum atomic E-state index is 12.3. The molecule has 0 bridgehead atoms. The van der Waals surface area contributed by atoms with Crippen LogP contribution in [0.15, 0.2) is 42.5 Å². The molecule has 0 saturated carbocycles. The predicted octanol–water partition coefficient (Wildman–Crippen LogP) is 1.66. The number of quaternary nitrogens is 1. The first-order valence-electron chi connectivity index (χ1n) is 9.15. The Balaban J connectivity index is 1.48. The summed E-state index contributed by atoms with van der Waals surface area (Å²) < 4.78 is 5.21. The molecule has 0 aromatic heterocycles. The highest BCUT2D eigenvalue weighted by molar-refractivity contribution is 5.91. The molecule has 5 nitrogen and oxygen atoms in total. The Morgan fingerprint density at radius 1 is 1.08 bits per heavy atom. The van der Waals surface area contributed by atoms with Crippen LogP contribution in [0.25, 0.3) is 0 Å². The molecule has 2 aromatic carbocycles. The molecule has 1 fully saturated rings. The van der Waals surface area contributed by atoms with E-state index in [4.69, 9.17) is 4.74 Å². The van der Waals surface area contributed by atoms with E-state index in [0.717, 1.165) is 37.6 Å². The molecule has 1 saturated heterocycles. The van der Waals surface area contributed by atoms with Crippen molar-refractivity contribution >= 4 is 17.3 Å². The van der Waals surface area contributed by atoms with Gasteiger partial charge >= 0.3 is 0 Å². The van der Waals surface area contributed by atoms with Crippen LogP contribution in [-0.4, -0.2) is 45.7 Å². The molecule has 1 amide bonds. The van der Waals surface area contributed by atoms with Crippen molar-refractivity contribution in [3.05, 3.63) is 53.6 Å². The van der Waals surface area contributed by atoms with Gasteiger partial charge < -0.3 is 19.9 Å². The van der Waals surface area contributed by atoms with E-state index < -0.39 is 0 Å². The lowest BCUT2D eigenvalue weighted by Crippen LogP contribution is -3.15. The highest BCUT2D eigenvalue weighted by Crippen LogP contribution is 2.19. The van der Waals surface area contributed by atoms with Gasteiger partial charge in [0, 0.05) is 11.4 Å². The Bertz CT molecular complexity index is 750. The van der Waals surface area contributed by atoms with E-state index in [1.807, 2.05) is 30.3 Å². The molecular weight excluding hydrogens is 326 g/mol. The van der Waals surface area contributed by atoms with E-state index >= 15 is 0 Å². The molecule has 5 heteroatoms. The van der Waals surface area contributed by atoms with Crippen molar-refractivity contribution in [1.29, 1.82) is 0 Å². The van der Waals surface area contributed by atoms with Crippen molar-refractivity contribution in [2.24, 2.45) is 0 Å². The van der Waals surface area contributed by atoms with E-state index in [1.54, 1.807) is 7.11 Å². The lowest BCUT2D eigenvalue weighted by molar-refractivity contribution is -0.892. The normalized spacial score (nSPS) is 15.0. The highest BCUT2D eigenvalue weighted by Gasteiger charge is 2.22. The number of aryl methyl sites for hydroxylation is 2. The molecule has 2 aromatic rings. The number of nitrogens with one attached hydrogen (secondary N) is 2. The molecule has 2 N–H and O–H groups in total. The van der Waals surface area contributed by atoms with Gasteiger partial charge in [-0.15, -0.1) is 0 Å². The Hall–Kier alpha value is -2.53. The third-order valence-electron chi connectivity index (χ3n) is 5.11. The molecule has 0 atom stereocenters. The van der Waals surface area contributed by atoms with Crippen molar-refractivity contribution in [3.63, 3.8) is 0 Å². The summed E-state index contributed by atoms with van der Waals surface area (Å²) in [5, 5.41) is 3.03. The minimum absolute atomic E-state index is 0.0844. The first kappa shape index (κ1) is 18.3. The minimum Gasteiger partial charge on any atom is -0.497 e. The van der Waals surface area contributed by atoms with Crippen LogP contribution in [0.3, 0.4) is 0 Å². The number of carbonyl (C=O) groups excluding carboxylic acids is 1. The van der Waals surface area contributed by atoms with Gasteiger partial charge in [0.25, 0.3) is 5.91 Å². The van der Waals surface area contributed by atoms with Gasteiger partial charge in [-0.1, -0.05) is 6.07 Å². The van der Waals surface area contributed by atoms with Crippen molar-refractivity contribution < 1.29 is 14.4 Å². The molecule has 0 radical (unpaired) electrons. The summed E-state index contributed by atoms with van der Waals surface area (Å²) >= 11 is 0. The molecule has 0 aliphatic carbocycles. The van der Waals surface area contributed by atoms with Crippen LogP contribution >= 0.6 is 0 Å². The zero-order chi connectivity index (χ0) is 18.5. The van der Waals surface area contributed by atoms with E-state index in [2.05, 4.69) is 36.2 Å². The third kappa shape index (κ3) is 4.55. The Morgan fingerprint density at radius 3 is 2.38 bits per heavy atom. The maximum Gasteiger partial charge on any atom is 0.279 e. The summed E-state index contributed by atoms with van der Waals surface area (Å²) in [7, 11) is 1.68. The second-order valence-corrected chi connectivity index (χ2v) is 6.96. The lowest BCUT2D eigenvalue weighted by atomic mass is 10.1. The van der Waals surface area contributed by atoms with Gasteiger partial charge in [-0.3, -0.25) is 4.79 Å². The van der Waals surface area contributed by atoms with Gasteiger partial charge in [-0.25, -0.2) is 0 Å². The quantitative estimate of drug-likeness (QED) is 0.858. The predicted molar refractivity (Wildman–Crippen MR) is 105 cm³/mol. The number of ether oxygens (including phenoxy) is 1. The summed E-state index contributed by atoms with van der Waals surface area (Å²) in [6, 6.07) is 14.2. The summed E-state index contributed by atoms with van der Waals surface area (Å²) in [6.45, 7) is 8.50.